The lowest BCUT2D eigenvalue weighted by atomic mass is 10.1. The number of ether oxygens (including phenoxy) is 2. The van der Waals surface area contributed by atoms with Crippen molar-refractivity contribution in [3.8, 4) is 22.8 Å². The Kier molecular flexibility index (Phi) is 6.46. The average molecular weight is 485 g/mol. The molecule has 1 aliphatic heterocycles. The Bertz CT molecular complexity index is 1050. The molecule has 0 spiro atoms. The first-order chi connectivity index (χ1) is 15.1. The Morgan fingerprint density at radius 3 is 2.55 bits per heavy atom. The molecule has 31 heavy (non-hydrogen) atoms. The SMILES string of the molecule is COc1ccc(C(=O)N2CCCN(c3cc(-c4ccc(Br)cc4)[nH]n3)CC2)c(OC)c1. The summed E-state index contributed by atoms with van der Waals surface area (Å²) >= 11 is 3.46. The van der Waals surface area contributed by atoms with Crippen LogP contribution in [0.15, 0.2) is 53.0 Å². The van der Waals surface area contributed by atoms with Crippen LogP contribution in [0.3, 0.4) is 0 Å². The van der Waals surface area contributed by atoms with E-state index in [1.54, 1.807) is 32.4 Å². The van der Waals surface area contributed by atoms with Crippen LogP contribution >= 0.6 is 15.9 Å². The smallest absolute Gasteiger partial charge is 0.257 e. The molecule has 0 atom stereocenters. The summed E-state index contributed by atoms with van der Waals surface area (Å²) in [6, 6.07) is 15.5. The van der Waals surface area contributed by atoms with Gasteiger partial charge in [-0.1, -0.05) is 28.1 Å². The van der Waals surface area contributed by atoms with Crippen LogP contribution in [0.4, 0.5) is 5.82 Å². The summed E-state index contributed by atoms with van der Waals surface area (Å²) in [7, 11) is 3.16. The molecule has 7 nitrogen and oxygen atoms in total. The third kappa shape index (κ3) is 4.69. The fourth-order valence-electron chi connectivity index (χ4n) is 3.75. The van der Waals surface area contributed by atoms with E-state index in [1.165, 1.54) is 0 Å². The first kappa shape index (κ1) is 21.2. The van der Waals surface area contributed by atoms with Gasteiger partial charge in [-0.2, -0.15) is 5.10 Å². The van der Waals surface area contributed by atoms with Crippen molar-refractivity contribution in [2.75, 3.05) is 45.3 Å². The van der Waals surface area contributed by atoms with Crippen LogP contribution in [0.1, 0.15) is 16.8 Å². The van der Waals surface area contributed by atoms with Crippen molar-refractivity contribution in [1.29, 1.82) is 0 Å². The number of aromatic nitrogens is 2. The fraction of sp³-hybridized carbons (Fsp3) is 0.304. The van der Waals surface area contributed by atoms with E-state index in [2.05, 4.69) is 37.1 Å². The minimum absolute atomic E-state index is 0.0288. The predicted molar refractivity (Wildman–Crippen MR) is 124 cm³/mol. The van der Waals surface area contributed by atoms with E-state index in [0.717, 1.165) is 41.1 Å². The summed E-state index contributed by atoms with van der Waals surface area (Å²) in [5.74, 6) is 2.06. The quantitative estimate of drug-likeness (QED) is 0.587. The molecule has 0 radical (unpaired) electrons. The number of methoxy groups -OCH3 is 2. The Labute approximate surface area is 190 Å². The van der Waals surface area contributed by atoms with E-state index in [0.29, 0.717) is 30.2 Å². The van der Waals surface area contributed by atoms with Gasteiger partial charge in [-0.15, -0.1) is 0 Å². The number of amides is 1. The van der Waals surface area contributed by atoms with E-state index in [-0.39, 0.29) is 5.91 Å². The van der Waals surface area contributed by atoms with Crippen molar-refractivity contribution >= 4 is 27.7 Å². The Morgan fingerprint density at radius 2 is 1.81 bits per heavy atom. The van der Waals surface area contributed by atoms with Crippen LogP contribution in [0, 0.1) is 0 Å². The van der Waals surface area contributed by atoms with Gasteiger partial charge in [0.2, 0.25) is 0 Å². The largest absolute Gasteiger partial charge is 0.497 e. The Morgan fingerprint density at radius 1 is 1.00 bits per heavy atom. The van der Waals surface area contributed by atoms with Crippen molar-refractivity contribution in [3.05, 3.63) is 58.6 Å². The summed E-state index contributed by atoms with van der Waals surface area (Å²) in [5, 5.41) is 7.64. The van der Waals surface area contributed by atoms with Crippen molar-refractivity contribution in [3.63, 3.8) is 0 Å². The zero-order valence-electron chi connectivity index (χ0n) is 17.6. The van der Waals surface area contributed by atoms with Crippen LogP contribution < -0.4 is 14.4 Å². The number of nitrogens with one attached hydrogen (secondary N) is 1. The molecule has 1 saturated heterocycles. The molecule has 3 aromatic rings. The predicted octanol–water partition coefficient (Wildman–Crippen LogP) is 4.21. The third-order valence-electron chi connectivity index (χ3n) is 5.47. The molecular weight excluding hydrogens is 460 g/mol. The minimum atomic E-state index is -0.0288. The number of halogens is 1. The van der Waals surface area contributed by atoms with E-state index in [4.69, 9.17) is 9.47 Å². The number of hydrogen-bond acceptors (Lipinski definition) is 5. The first-order valence-corrected chi connectivity index (χ1v) is 11.0. The van der Waals surface area contributed by atoms with E-state index in [9.17, 15) is 4.79 Å². The second-order valence-corrected chi connectivity index (χ2v) is 8.26. The molecule has 1 amide bonds. The first-order valence-electron chi connectivity index (χ1n) is 10.2. The zero-order chi connectivity index (χ0) is 21.8. The molecule has 2 heterocycles. The monoisotopic (exact) mass is 484 g/mol. The Balaban J connectivity index is 1.45. The number of carbonyl (C=O) groups excluding carboxylic acids is 1. The normalized spacial score (nSPS) is 14.3. The summed E-state index contributed by atoms with van der Waals surface area (Å²) in [6.45, 7) is 2.87. The molecule has 2 aromatic carbocycles. The molecule has 0 aliphatic carbocycles. The van der Waals surface area contributed by atoms with Crippen molar-refractivity contribution in [1.82, 2.24) is 15.1 Å². The molecule has 0 unspecified atom stereocenters. The minimum Gasteiger partial charge on any atom is -0.497 e. The summed E-state index contributed by atoms with van der Waals surface area (Å²) < 4.78 is 11.7. The van der Waals surface area contributed by atoms with Gasteiger partial charge in [0.25, 0.3) is 5.91 Å². The summed E-state index contributed by atoms with van der Waals surface area (Å²) in [5.41, 5.74) is 2.61. The number of anilines is 1. The molecule has 0 bridgehead atoms. The van der Waals surface area contributed by atoms with Gasteiger partial charge in [0, 0.05) is 42.8 Å². The van der Waals surface area contributed by atoms with Crippen LogP contribution in [0.2, 0.25) is 0 Å². The standard InChI is InChI=1S/C23H25BrN4O3/c1-30-18-8-9-19(21(14-18)31-2)23(29)28-11-3-10-27(12-13-28)22-15-20(25-26-22)16-4-6-17(24)7-5-16/h4-9,14-15H,3,10-13H2,1-2H3,(H,25,26). The number of carbonyl (C=O) groups is 1. The maximum atomic E-state index is 13.2. The van der Waals surface area contributed by atoms with E-state index in [1.807, 2.05) is 29.2 Å². The van der Waals surface area contributed by atoms with E-state index < -0.39 is 0 Å². The lowest BCUT2D eigenvalue weighted by molar-refractivity contribution is 0.0763. The van der Waals surface area contributed by atoms with Crippen LogP contribution in [0.5, 0.6) is 11.5 Å². The highest BCUT2D eigenvalue weighted by atomic mass is 79.9. The molecule has 1 aliphatic rings. The van der Waals surface area contributed by atoms with Crippen molar-refractivity contribution in [2.24, 2.45) is 0 Å². The summed E-state index contributed by atoms with van der Waals surface area (Å²) in [4.78, 5) is 17.3. The fourth-order valence-corrected chi connectivity index (χ4v) is 4.01. The number of nitrogens with zero attached hydrogens (tertiary/aromatic N) is 3. The van der Waals surface area contributed by atoms with Crippen LogP contribution in [-0.2, 0) is 0 Å². The zero-order valence-corrected chi connectivity index (χ0v) is 19.2. The van der Waals surface area contributed by atoms with Gasteiger partial charge in [-0.25, -0.2) is 0 Å². The highest BCUT2D eigenvalue weighted by Gasteiger charge is 2.24. The average Bonchev–Trinajstić information content (AvgIpc) is 3.16. The summed E-state index contributed by atoms with van der Waals surface area (Å²) in [6.07, 6.45) is 0.866. The molecule has 1 aromatic heterocycles. The molecule has 4 rings (SSSR count). The lowest BCUT2D eigenvalue weighted by Crippen LogP contribution is -2.35. The second kappa shape index (κ2) is 9.43. The molecule has 0 saturated carbocycles. The highest BCUT2D eigenvalue weighted by molar-refractivity contribution is 9.10. The third-order valence-corrected chi connectivity index (χ3v) is 5.99. The van der Waals surface area contributed by atoms with Crippen LogP contribution in [-0.4, -0.2) is 61.4 Å². The number of rotatable bonds is 5. The molecular formula is C23H25BrN4O3. The highest BCUT2D eigenvalue weighted by Crippen LogP contribution is 2.27. The molecule has 8 heteroatoms. The van der Waals surface area contributed by atoms with Gasteiger partial charge in [-0.05, 0) is 36.2 Å². The van der Waals surface area contributed by atoms with E-state index >= 15 is 0 Å². The number of benzene rings is 2. The molecule has 1 fully saturated rings. The molecule has 162 valence electrons. The van der Waals surface area contributed by atoms with Crippen LogP contribution in [0.25, 0.3) is 11.3 Å². The van der Waals surface area contributed by atoms with Crippen molar-refractivity contribution in [2.45, 2.75) is 6.42 Å². The van der Waals surface area contributed by atoms with Gasteiger partial charge in [0.1, 0.15) is 11.5 Å². The van der Waals surface area contributed by atoms with Crippen molar-refractivity contribution < 1.29 is 14.3 Å². The maximum Gasteiger partial charge on any atom is 0.257 e. The number of H-pyrrole nitrogens is 1. The van der Waals surface area contributed by atoms with Gasteiger partial charge < -0.3 is 19.3 Å². The van der Waals surface area contributed by atoms with Gasteiger partial charge >= 0.3 is 0 Å². The molecule has 1 N–H and O–H groups in total. The maximum absolute atomic E-state index is 13.2. The topological polar surface area (TPSA) is 70.7 Å². The number of aromatic amines is 1. The van der Waals surface area contributed by atoms with Gasteiger partial charge in [0.05, 0.1) is 25.5 Å². The second-order valence-electron chi connectivity index (χ2n) is 7.35. The van der Waals surface area contributed by atoms with Gasteiger partial charge in [-0.3, -0.25) is 9.89 Å². The number of hydrogen-bond donors (Lipinski definition) is 1. The lowest BCUT2D eigenvalue weighted by Gasteiger charge is -2.22. The van der Waals surface area contributed by atoms with Gasteiger partial charge in [0.15, 0.2) is 5.82 Å². The Hall–Kier alpha value is -3.00.